The molecule has 18 heavy (non-hydrogen) atoms. The van der Waals surface area contributed by atoms with E-state index in [1.165, 1.54) is 17.6 Å². The predicted molar refractivity (Wildman–Crippen MR) is 72.4 cm³/mol. The fraction of sp³-hybridized carbons (Fsp3) is 0.750. The normalized spacial score (nSPS) is 24.6. The summed E-state index contributed by atoms with van der Waals surface area (Å²) in [6.07, 6.45) is 2.21. The van der Waals surface area contributed by atoms with Gasteiger partial charge in [0.05, 0.1) is 16.7 Å². The molecule has 102 valence electrons. The molecule has 0 aliphatic heterocycles. The molecule has 6 heteroatoms. The number of sulfone groups is 1. The van der Waals surface area contributed by atoms with E-state index in [9.17, 15) is 13.5 Å². The number of aliphatic hydroxyl groups excluding tert-OH is 1. The highest BCUT2D eigenvalue weighted by molar-refractivity contribution is 7.91. The zero-order valence-corrected chi connectivity index (χ0v) is 12.7. The number of aliphatic hydroxyl groups is 1. The van der Waals surface area contributed by atoms with Crippen LogP contribution in [-0.4, -0.2) is 24.8 Å². The molecule has 1 aliphatic carbocycles. The standard InChI is InChI=1S/C12H19NO3S2/c1-7(18(4,15)16)11-13-8-5-12(2,3)6-9(14)10(8)17-11/h7,9,14H,5-6H2,1-4H3. The van der Waals surface area contributed by atoms with Gasteiger partial charge in [-0.2, -0.15) is 0 Å². The average molecular weight is 289 g/mol. The minimum absolute atomic E-state index is 0.0199. The highest BCUT2D eigenvalue weighted by atomic mass is 32.2. The summed E-state index contributed by atoms with van der Waals surface area (Å²) in [5, 5.41) is 10.1. The second-order valence-corrected chi connectivity index (χ2v) is 9.32. The van der Waals surface area contributed by atoms with Crippen molar-refractivity contribution in [2.75, 3.05) is 6.26 Å². The maximum atomic E-state index is 11.6. The number of hydrogen-bond acceptors (Lipinski definition) is 5. The van der Waals surface area contributed by atoms with Gasteiger partial charge in [0, 0.05) is 6.26 Å². The summed E-state index contributed by atoms with van der Waals surface area (Å²) in [5.41, 5.74) is 0.890. The molecular formula is C12H19NO3S2. The molecule has 4 nitrogen and oxygen atoms in total. The van der Waals surface area contributed by atoms with E-state index in [-0.39, 0.29) is 5.41 Å². The maximum Gasteiger partial charge on any atom is 0.156 e. The van der Waals surface area contributed by atoms with Crippen LogP contribution >= 0.6 is 11.3 Å². The molecule has 0 spiro atoms. The van der Waals surface area contributed by atoms with Crippen LogP contribution in [0.25, 0.3) is 0 Å². The van der Waals surface area contributed by atoms with Crippen molar-refractivity contribution in [3.8, 4) is 0 Å². The van der Waals surface area contributed by atoms with Gasteiger partial charge in [-0.3, -0.25) is 0 Å². The smallest absolute Gasteiger partial charge is 0.156 e. The van der Waals surface area contributed by atoms with Gasteiger partial charge in [-0.25, -0.2) is 13.4 Å². The Labute approximate surface area is 112 Å². The monoisotopic (exact) mass is 289 g/mol. The molecule has 1 N–H and O–H groups in total. The number of rotatable bonds is 2. The fourth-order valence-electron chi connectivity index (χ4n) is 2.27. The first-order valence-corrected chi connectivity index (χ1v) is 8.74. The van der Waals surface area contributed by atoms with Crippen LogP contribution in [0.4, 0.5) is 0 Å². The first-order valence-electron chi connectivity index (χ1n) is 5.96. The molecule has 2 rings (SSSR count). The van der Waals surface area contributed by atoms with E-state index in [0.717, 1.165) is 17.0 Å². The van der Waals surface area contributed by atoms with Crippen molar-refractivity contribution < 1.29 is 13.5 Å². The Kier molecular flexibility index (Phi) is 3.32. The lowest BCUT2D eigenvalue weighted by atomic mass is 9.77. The molecule has 1 aliphatic rings. The van der Waals surface area contributed by atoms with Crippen LogP contribution in [0.3, 0.4) is 0 Å². The Bertz CT molecular complexity index is 560. The Balaban J connectivity index is 2.41. The predicted octanol–water partition coefficient (Wildman–Crippen LogP) is 2.25. The van der Waals surface area contributed by atoms with E-state index in [1.54, 1.807) is 6.92 Å². The molecule has 2 atom stereocenters. The van der Waals surface area contributed by atoms with Crippen LogP contribution in [-0.2, 0) is 16.3 Å². The second kappa shape index (κ2) is 4.28. The van der Waals surface area contributed by atoms with Crippen LogP contribution in [0.2, 0.25) is 0 Å². The van der Waals surface area contributed by atoms with E-state index >= 15 is 0 Å². The summed E-state index contributed by atoms with van der Waals surface area (Å²) in [6, 6.07) is 0. The third kappa shape index (κ3) is 2.60. The average Bonchev–Trinajstić information content (AvgIpc) is 2.56. The minimum Gasteiger partial charge on any atom is -0.387 e. The highest BCUT2D eigenvalue weighted by Gasteiger charge is 2.35. The van der Waals surface area contributed by atoms with Crippen molar-refractivity contribution in [1.82, 2.24) is 4.98 Å². The Morgan fingerprint density at radius 3 is 2.67 bits per heavy atom. The first kappa shape index (κ1) is 14.0. The summed E-state index contributed by atoms with van der Waals surface area (Å²) in [5.74, 6) is 0. The van der Waals surface area contributed by atoms with Gasteiger partial charge < -0.3 is 5.11 Å². The van der Waals surface area contributed by atoms with Gasteiger partial charge in [0.2, 0.25) is 0 Å². The molecule has 1 aromatic rings. The van der Waals surface area contributed by atoms with Gasteiger partial charge in [-0.05, 0) is 25.2 Å². The molecule has 0 bridgehead atoms. The van der Waals surface area contributed by atoms with Crippen molar-refractivity contribution in [3.63, 3.8) is 0 Å². The number of nitrogens with zero attached hydrogens (tertiary/aromatic N) is 1. The van der Waals surface area contributed by atoms with Crippen LogP contribution in [0, 0.1) is 5.41 Å². The van der Waals surface area contributed by atoms with Crippen LogP contribution in [0.1, 0.15) is 54.1 Å². The van der Waals surface area contributed by atoms with Gasteiger partial charge in [0.1, 0.15) is 10.3 Å². The largest absolute Gasteiger partial charge is 0.387 e. The van der Waals surface area contributed by atoms with Crippen molar-refractivity contribution in [1.29, 1.82) is 0 Å². The quantitative estimate of drug-likeness (QED) is 0.907. The molecule has 0 saturated heterocycles. The lowest BCUT2D eigenvalue weighted by Gasteiger charge is -2.31. The molecule has 1 heterocycles. The van der Waals surface area contributed by atoms with Crippen LogP contribution in [0.15, 0.2) is 0 Å². The van der Waals surface area contributed by atoms with Gasteiger partial charge >= 0.3 is 0 Å². The van der Waals surface area contributed by atoms with Crippen molar-refractivity contribution in [2.45, 2.75) is 45.0 Å². The van der Waals surface area contributed by atoms with Gasteiger partial charge in [-0.1, -0.05) is 13.8 Å². The van der Waals surface area contributed by atoms with Gasteiger partial charge in [0.25, 0.3) is 0 Å². The third-order valence-corrected chi connectivity index (χ3v) is 6.47. The molecule has 0 radical (unpaired) electrons. The molecular weight excluding hydrogens is 270 g/mol. The van der Waals surface area contributed by atoms with Crippen LogP contribution < -0.4 is 0 Å². The molecule has 0 saturated carbocycles. The van der Waals surface area contributed by atoms with E-state index in [4.69, 9.17) is 0 Å². The highest BCUT2D eigenvalue weighted by Crippen LogP contribution is 2.44. The minimum atomic E-state index is -3.14. The lowest BCUT2D eigenvalue weighted by molar-refractivity contribution is 0.102. The molecule has 0 amide bonds. The maximum absolute atomic E-state index is 11.6. The van der Waals surface area contributed by atoms with E-state index in [0.29, 0.717) is 11.4 Å². The van der Waals surface area contributed by atoms with E-state index in [1.807, 2.05) is 0 Å². The van der Waals surface area contributed by atoms with E-state index < -0.39 is 21.2 Å². The number of aromatic nitrogens is 1. The third-order valence-electron chi connectivity index (χ3n) is 3.43. The number of hydrogen-bond donors (Lipinski definition) is 1. The zero-order valence-electron chi connectivity index (χ0n) is 11.1. The van der Waals surface area contributed by atoms with Gasteiger partial charge in [0.15, 0.2) is 9.84 Å². The number of fused-ring (bicyclic) bond motifs is 1. The van der Waals surface area contributed by atoms with Crippen molar-refractivity contribution in [2.24, 2.45) is 5.41 Å². The topological polar surface area (TPSA) is 67.3 Å². The molecule has 1 aromatic heterocycles. The molecule has 0 aromatic carbocycles. The van der Waals surface area contributed by atoms with Gasteiger partial charge in [-0.15, -0.1) is 11.3 Å². The summed E-state index contributed by atoms with van der Waals surface area (Å²) >= 11 is 1.34. The number of thiazole rings is 1. The van der Waals surface area contributed by atoms with Crippen LogP contribution in [0.5, 0.6) is 0 Å². The van der Waals surface area contributed by atoms with Crippen molar-refractivity contribution in [3.05, 3.63) is 15.6 Å². The summed E-state index contributed by atoms with van der Waals surface area (Å²) in [6.45, 7) is 5.84. The van der Waals surface area contributed by atoms with Crippen molar-refractivity contribution >= 4 is 21.2 Å². The SMILES string of the molecule is CC(c1nc2c(s1)C(O)CC(C)(C)C2)S(C)(=O)=O. The lowest BCUT2D eigenvalue weighted by Crippen LogP contribution is -2.24. The first-order chi connectivity index (χ1) is 8.10. The Hall–Kier alpha value is -0.460. The Morgan fingerprint density at radius 2 is 2.11 bits per heavy atom. The second-order valence-electron chi connectivity index (χ2n) is 5.90. The van der Waals surface area contributed by atoms with E-state index in [2.05, 4.69) is 18.8 Å². The Morgan fingerprint density at radius 1 is 1.50 bits per heavy atom. The fourth-order valence-corrected chi connectivity index (χ4v) is 4.36. The summed E-state index contributed by atoms with van der Waals surface area (Å²) < 4.78 is 23.1. The summed E-state index contributed by atoms with van der Waals surface area (Å²) in [4.78, 5) is 5.29. The molecule has 2 unspecified atom stereocenters. The zero-order chi connectivity index (χ0) is 13.7. The molecule has 0 fully saturated rings. The summed E-state index contributed by atoms with van der Waals surface area (Å²) in [7, 11) is -3.14.